The van der Waals surface area contributed by atoms with Crippen molar-refractivity contribution in [2.45, 2.75) is 30.7 Å². The number of benzene rings is 1. The lowest BCUT2D eigenvalue weighted by Gasteiger charge is -1.95. The molecular weight excluding hydrogens is 233 g/mol. The molecule has 0 radical (unpaired) electrons. The largest absolute Gasteiger partial charge is 0.294 e. The van der Waals surface area contributed by atoms with Gasteiger partial charge >= 0.3 is 0 Å². The summed E-state index contributed by atoms with van der Waals surface area (Å²) in [6.07, 6.45) is 2.05. The Kier molecular flexibility index (Phi) is 4.40. The summed E-state index contributed by atoms with van der Waals surface area (Å²) in [6, 6.07) is 6.21. The molecule has 0 spiro atoms. The summed E-state index contributed by atoms with van der Waals surface area (Å²) >= 11 is 0. The highest BCUT2D eigenvalue weighted by atomic mass is 32.2. The summed E-state index contributed by atoms with van der Waals surface area (Å²) in [7, 11) is -4.02. The smallest absolute Gasteiger partial charge is 0.282 e. The maximum Gasteiger partial charge on any atom is 0.294 e. The van der Waals surface area contributed by atoms with E-state index < -0.39 is 10.1 Å². The van der Waals surface area contributed by atoms with Gasteiger partial charge in [0.1, 0.15) is 0 Å². The molecule has 0 heterocycles. The molecule has 2 rings (SSSR count). The first kappa shape index (κ1) is 13.1. The summed E-state index contributed by atoms with van der Waals surface area (Å²) in [5, 5.41) is 0. The van der Waals surface area contributed by atoms with Crippen LogP contribution in [0, 0.1) is 6.92 Å². The van der Waals surface area contributed by atoms with Gasteiger partial charge in [-0.05, 0) is 31.9 Å². The maximum absolute atomic E-state index is 10.9. The van der Waals surface area contributed by atoms with Crippen LogP contribution in [0.25, 0.3) is 0 Å². The van der Waals surface area contributed by atoms with E-state index >= 15 is 0 Å². The summed E-state index contributed by atoms with van der Waals surface area (Å²) < 4.78 is 40.5. The van der Waals surface area contributed by atoms with Gasteiger partial charge < -0.3 is 0 Å². The Labute approximate surface area is 94.2 Å². The first-order valence-electron chi connectivity index (χ1n) is 4.84. The van der Waals surface area contributed by atoms with E-state index in [1.165, 1.54) is 12.1 Å². The average Bonchev–Trinajstić information content (AvgIpc) is 3.01. The second kappa shape index (κ2) is 5.38. The van der Waals surface area contributed by atoms with Gasteiger partial charge in [-0.1, -0.05) is 17.7 Å². The van der Waals surface area contributed by atoms with E-state index in [0.717, 1.165) is 18.4 Å². The molecule has 1 aromatic rings. The van der Waals surface area contributed by atoms with Crippen molar-refractivity contribution in [2.24, 2.45) is 0 Å². The molecule has 0 atom stereocenters. The van der Waals surface area contributed by atoms with Gasteiger partial charge in [0.15, 0.2) is 0 Å². The minimum absolute atomic E-state index is 0.0666. The number of aryl methyl sites for hydroxylation is 1. The molecular formula is C10H14FNO3S. The van der Waals surface area contributed by atoms with Crippen molar-refractivity contribution >= 4 is 10.1 Å². The molecule has 1 aliphatic carbocycles. The Balaban J connectivity index is 0.000000212. The Hall–Kier alpha value is -0.980. The van der Waals surface area contributed by atoms with Gasteiger partial charge in [-0.25, -0.2) is 0 Å². The van der Waals surface area contributed by atoms with Crippen LogP contribution >= 0.6 is 0 Å². The molecule has 0 amide bonds. The van der Waals surface area contributed by atoms with E-state index in [-0.39, 0.29) is 10.9 Å². The zero-order valence-electron chi connectivity index (χ0n) is 8.85. The third-order valence-corrected chi connectivity index (χ3v) is 2.92. The van der Waals surface area contributed by atoms with Gasteiger partial charge in [0, 0.05) is 6.04 Å². The van der Waals surface area contributed by atoms with E-state index in [1.54, 1.807) is 17.7 Å². The standard InChI is InChI=1S/C7H8O3S.C3H6FN/c1-6-2-4-7(5-3-6)11(8,9)10;4-5-3-1-2-3/h2-5H,1H3,(H,8,9,10);3,5H,1-2H2. The monoisotopic (exact) mass is 247 g/mol. The first-order chi connectivity index (χ1) is 7.43. The number of rotatable bonds is 2. The molecule has 1 aromatic carbocycles. The van der Waals surface area contributed by atoms with E-state index in [9.17, 15) is 12.9 Å². The zero-order chi connectivity index (χ0) is 12.2. The third kappa shape index (κ3) is 4.69. The highest BCUT2D eigenvalue weighted by molar-refractivity contribution is 7.85. The van der Waals surface area contributed by atoms with E-state index in [1.807, 2.05) is 6.92 Å². The number of nitrogens with one attached hydrogen (secondary N) is 1. The second-order valence-electron chi connectivity index (χ2n) is 3.67. The van der Waals surface area contributed by atoms with Crippen molar-refractivity contribution < 1.29 is 17.5 Å². The van der Waals surface area contributed by atoms with Gasteiger partial charge in [0.05, 0.1) is 4.90 Å². The van der Waals surface area contributed by atoms with Gasteiger partial charge in [0.2, 0.25) is 0 Å². The predicted octanol–water partition coefficient (Wildman–Crippen LogP) is 1.86. The fourth-order valence-electron chi connectivity index (χ4n) is 0.903. The highest BCUT2D eigenvalue weighted by Crippen LogP contribution is 2.17. The quantitative estimate of drug-likeness (QED) is 0.618. The topological polar surface area (TPSA) is 66.4 Å². The van der Waals surface area contributed by atoms with Crippen LogP contribution in [-0.4, -0.2) is 19.0 Å². The highest BCUT2D eigenvalue weighted by Gasteiger charge is 2.19. The Bertz CT molecular complexity index is 426. The molecule has 0 aliphatic heterocycles. The van der Waals surface area contributed by atoms with Crippen molar-refractivity contribution in [3.05, 3.63) is 29.8 Å². The minimum atomic E-state index is -4.02. The zero-order valence-corrected chi connectivity index (χ0v) is 9.67. The summed E-state index contributed by atoms with van der Waals surface area (Å²) in [6.45, 7) is 1.84. The van der Waals surface area contributed by atoms with E-state index in [0.29, 0.717) is 0 Å². The molecule has 1 aliphatic rings. The number of hydrogen-bond acceptors (Lipinski definition) is 3. The van der Waals surface area contributed by atoms with Gasteiger partial charge in [-0.3, -0.25) is 4.55 Å². The van der Waals surface area contributed by atoms with Crippen LogP contribution in [0.3, 0.4) is 0 Å². The summed E-state index contributed by atoms with van der Waals surface area (Å²) in [4.78, 5) is -0.0666. The molecule has 16 heavy (non-hydrogen) atoms. The Morgan fingerprint density at radius 3 is 2.06 bits per heavy atom. The average molecular weight is 247 g/mol. The fourth-order valence-corrected chi connectivity index (χ4v) is 1.38. The van der Waals surface area contributed by atoms with Gasteiger partial charge in [-0.2, -0.15) is 14.0 Å². The van der Waals surface area contributed by atoms with Crippen molar-refractivity contribution in [1.29, 1.82) is 0 Å². The lowest BCUT2D eigenvalue weighted by atomic mass is 10.2. The van der Waals surface area contributed by atoms with Gasteiger partial charge in [-0.15, -0.1) is 4.48 Å². The molecule has 90 valence electrons. The second-order valence-corrected chi connectivity index (χ2v) is 5.09. The van der Waals surface area contributed by atoms with Crippen LogP contribution < -0.4 is 5.54 Å². The lowest BCUT2D eigenvalue weighted by Crippen LogP contribution is -1.99. The van der Waals surface area contributed by atoms with Crippen LogP contribution in [0.2, 0.25) is 0 Å². The van der Waals surface area contributed by atoms with Crippen molar-refractivity contribution in [3.63, 3.8) is 0 Å². The van der Waals surface area contributed by atoms with Crippen molar-refractivity contribution in [2.75, 3.05) is 0 Å². The van der Waals surface area contributed by atoms with Crippen LogP contribution in [0.5, 0.6) is 0 Å². The fraction of sp³-hybridized carbons (Fsp3) is 0.400. The molecule has 0 unspecified atom stereocenters. The Morgan fingerprint density at radius 2 is 1.81 bits per heavy atom. The molecule has 0 aromatic heterocycles. The van der Waals surface area contributed by atoms with E-state index in [4.69, 9.17) is 4.55 Å². The van der Waals surface area contributed by atoms with E-state index in [2.05, 4.69) is 0 Å². The van der Waals surface area contributed by atoms with Crippen LogP contribution in [0.1, 0.15) is 18.4 Å². The van der Waals surface area contributed by atoms with Gasteiger partial charge in [0.25, 0.3) is 10.1 Å². The van der Waals surface area contributed by atoms with Crippen molar-refractivity contribution in [1.82, 2.24) is 5.54 Å². The summed E-state index contributed by atoms with van der Waals surface area (Å²) in [5.41, 5.74) is 2.59. The van der Waals surface area contributed by atoms with Crippen LogP contribution in [-0.2, 0) is 10.1 Å². The molecule has 1 saturated carbocycles. The maximum atomic E-state index is 10.9. The molecule has 1 fully saturated rings. The minimum Gasteiger partial charge on any atom is -0.282 e. The lowest BCUT2D eigenvalue weighted by molar-refractivity contribution is 0.328. The molecule has 6 heteroatoms. The number of hydrogen-bond donors (Lipinski definition) is 2. The number of halogens is 1. The SMILES string of the molecule is Cc1ccc(S(=O)(=O)O)cc1.FNC1CC1. The molecule has 2 N–H and O–H groups in total. The Morgan fingerprint density at radius 1 is 1.31 bits per heavy atom. The predicted molar refractivity (Wildman–Crippen MR) is 58.3 cm³/mol. The summed E-state index contributed by atoms with van der Waals surface area (Å²) in [5.74, 6) is 0. The molecule has 0 saturated heterocycles. The van der Waals surface area contributed by atoms with Crippen LogP contribution in [0.4, 0.5) is 4.48 Å². The van der Waals surface area contributed by atoms with Crippen molar-refractivity contribution in [3.8, 4) is 0 Å². The molecule has 4 nitrogen and oxygen atoms in total. The molecule has 0 bridgehead atoms. The normalized spacial score (nSPS) is 15.2. The first-order valence-corrected chi connectivity index (χ1v) is 6.28. The van der Waals surface area contributed by atoms with Crippen LogP contribution in [0.15, 0.2) is 29.2 Å². The third-order valence-electron chi connectivity index (χ3n) is 2.05.